The molecule has 1 aliphatic rings. The van der Waals surface area contributed by atoms with Gasteiger partial charge in [0.25, 0.3) is 0 Å². The summed E-state index contributed by atoms with van der Waals surface area (Å²) in [6.07, 6.45) is 2.19. The van der Waals surface area contributed by atoms with Gasteiger partial charge in [0, 0.05) is 11.8 Å². The predicted molar refractivity (Wildman–Crippen MR) is 71.9 cm³/mol. The summed E-state index contributed by atoms with van der Waals surface area (Å²) in [7, 11) is 0. The number of nitrogens with one attached hydrogen (secondary N) is 1. The Morgan fingerprint density at radius 2 is 2.33 bits per heavy atom. The molecule has 0 aliphatic heterocycles. The number of aromatic amines is 1. The minimum atomic E-state index is -0.0794. The van der Waals surface area contributed by atoms with Crippen molar-refractivity contribution in [3.8, 4) is 0 Å². The molecule has 1 aromatic heterocycles. The Morgan fingerprint density at radius 3 is 3.06 bits per heavy atom. The molecular formula is C13H15N3OS. The number of rotatable bonds is 4. The molecule has 1 fully saturated rings. The molecule has 3 rings (SSSR count). The first-order chi connectivity index (χ1) is 8.74. The number of benzene rings is 1. The Bertz CT molecular complexity index is 613. The summed E-state index contributed by atoms with van der Waals surface area (Å²) in [5, 5.41) is 7.45. The van der Waals surface area contributed by atoms with Crippen LogP contribution in [0.15, 0.2) is 34.2 Å². The summed E-state index contributed by atoms with van der Waals surface area (Å²) in [6, 6.07) is 8.79. The third kappa shape index (κ3) is 2.36. The second-order valence-corrected chi connectivity index (χ2v) is 5.63. The fourth-order valence-corrected chi connectivity index (χ4v) is 2.95. The second kappa shape index (κ2) is 4.65. The van der Waals surface area contributed by atoms with Crippen LogP contribution in [-0.2, 0) is 5.75 Å². The van der Waals surface area contributed by atoms with Gasteiger partial charge >= 0.3 is 5.69 Å². The van der Waals surface area contributed by atoms with Crippen LogP contribution in [0.5, 0.6) is 0 Å². The van der Waals surface area contributed by atoms with Crippen molar-refractivity contribution in [2.24, 2.45) is 0 Å². The minimum absolute atomic E-state index is 0.0794. The van der Waals surface area contributed by atoms with E-state index in [4.69, 9.17) is 0 Å². The molecule has 1 saturated carbocycles. The molecule has 0 spiro atoms. The largest absolute Gasteiger partial charge is 0.344 e. The smallest absolute Gasteiger partial charge is 0.267 e. The molecular weight excluding hydrogens is 246 g/mol. The Kier molecular flexibility index (Phi) is 2.99. The van der Waals surface area contributed by atoms with Gasteiger partial charge in [0.15, 0.2) is 5.16 Å². The highest BCUT2D eigenvalue weighted by Crippen LogP contribution is 2.36. The van der Waals surface area contributed by atoms with E-state index in [0.717, 1.165) is 23.8 Å². The van der Waals surface area contributed by atoms with Crippen molar-refractivity contribution in [1.82, 2.24) is 14.8 Å². The molecule has 0 saturated heterocycles. The summed E-state index contributed by atoms with van der Waals surface area (Å²) < 4.78 is 1.79. The number of aryl methyl sites for hydroxylation is 1. The third-order valence-corrected chi connectivity index (χ3v) is 4.06. The van der Waals surface area contributed by atoms with Gasteiger partial charge in [-0.1, -0.05) is 41.6 Å². The van der Waals surface area contributed by atoms with Gasteiger partial charge in [-0.3, -0.25) is 4.57 Å². The highest BCUT2D eigenvalue weighted by molar-refractivity contribution is 7.98. The minimum Gasteiger partial charge on any atom is -0.267 e. The average Bonchev–Trinajstić information content (AvgIpc) is 3.11. The summed E-state index contributed by atoms with van der Waals surface area (Å²) >= 11 is 1.62. The first-order valence-electron chi connectivity index (χ1n) is 6.09. The zero-order chi connectivity index (χ0) is 12.5. The van der Waals surface area contributed by atoms with Crippen LogP contribution in [0.4, 0.5) is 0 Å². The maximum absolute atomic E-state index is 11.6. The number of thioether (sulfide) groups is 1. The van der Waals surface area contributed by atoms with Crippen molar-refractivity contribution in [2.45, 2.75) is 36.7 Å². The van der Waals surface area contributed by atoms with Crippen molar-refractivity contribution in [2.75, 3.05) is 0 Å². The van der Waals surface area contributed by atoms with E-state index in [1.807, 2.05) is 0 Å². The lowest BCUT2D eigenvalue weighted by molar-refractivity contribution is 0.642. The maximum Gasteiger partial charge on any atom is 0.344 e. The van der Waals surface area contributed by atoms with E-state index >= 15 is 0 Å². The second-order valence-electron chi connectivity index (χ2n) is 4.69. The van der Waals surface area contributed by atoms with Crippen LogP contribution in [0.25, 0.3) is 0 Å². The average molecular weight is 261 g/mol. The lowest BCUT2D eigenvalue weighted by atomic mass is 10.2. The van der Waals surface area contributed by atoms with Crippen molar-refractivity contribution in [3.63, 3.8) is 0 Å². The standard InChI is InChI=1S/C13H15N3OS/c1-9-3-2-4-10(7-9)8-18-13-15-14-12(17)16(13)11-5-6-11/h2-4,7,11H,5-6,8H2,1H3,(H,14,17). The van der Waals surface area contributed by atoms with Crippen LogP contribution in [0.3, 0.4) is 0 Å². The van der Waals surface area contributed by atoms with Gasteiger partial charge in [0.05, 0.1) is 0 Å². The molecule has 0 bridgehead atoms. The van der Waals surface area contributed by atoms with Crippen LogP contribution in [-0.4, -0.2) is 14.8 Å². The quantitative estimate of drug-likeness (QED) is 0.860. The molecule has 94 valence electrons. The van der Waals surface area contributed by atoms with E-state index in [0.29, 0.717) is 6.04 Å². The lowest BCUT2D eigenvalue weighted by Gasteiger charge is -2.04. The van der Waals surface area contributed by atoms with Crippen LogP contribution in [0.1, 0.15) is 30.0 Å². The van der Waals surface area contributed by atoms with Crippen molar-refractivity contribution in [1.29, 1.82) is 0 Å². The zero-order valence-electron chi connectivity index (χ0n) is 10.2. The van der Waals surface area contributed by atoms with Crippen LogP contribution < -0.4 is 5.69 Å². The van der Waals surface area contributed by atoms with Crippen molar-refractivity contribution < 1.29 is 0 Å². The van der Waals surface area contributed by atoms with Crippen molar-refractivity contribution >= 4 is 11.8 Å². The van der Waals surface area contributed by atoms with Gasteiger partial charge in [-0.05, 0) is 25.3 Å². The van der Waals surface area contributed by atoms with E-state index in [1.54, 1.807) is 16.3 Å². The number of nitrogens with zero attached hydrogens (tertiary/aromatic N) is 2. The number of aromatic nitrogens is 3. The molecule has 0 radical (unpaired) electrons. The lowest BCUT2D eigenvalue weighted by Crippen LogP contribution is -2.16. The molecule has 2 aromatic rings. The summed E-state index contributed by atoms with van der Waals surface area (Å²) in [4.78, 5) is 11.6. The highest BCUT2D eigenvalue weighted by atomic mass is 32.2. The maximum atomic E-state index is 11.6. The summed E-state index contributed by atoms with van der Waals surface area (Å²) in [6.45, 7) is 2.09. The normalized spacial score (nSPS) is 14.9. The van der Waals surface area contributed by atoms with Crippen LogP contribution in [0, 0.1) is 6.92 Å². The van der Waals surface area contributed by atoms with Gasteiger partial charge in [-0.15, -0.1) is 5.10 Å². The first kappa shape index (κ1) is 11.6. The molecule has 18 heavy (non-hydrogen) atoms. The third-order valence-electron chi connectivity index (χ3n) is 3.03. The number of H-pyrrole nitrogens is 1. The predicted octanol–water partition coefficient (Wildman–Crippen LogP) is 2.51. The molecule has 1 aromatic carbocycles. The van der Waals surface area contributed by atoms with Gasteiger partial charge in [-0.2, -0.15) is 0 Å². The zero-order valence-corrected chi connectivity index (χ0v) is 11.0. The monoisotopic (exact) mass is 261 g/mol. The van der Waals surface area contributed by atoms with Gasteiger partial charge < -0.3 is 0 Å². The van der Waals surface area contributed by atoms with E-state index < -0.39 is 0 Å². The molecule has 0 atom stereocenters. The van der Waals surface area contributed by atoms with Crippen LogP contribution in [0.2, 0.25) is 0 Å². The SMILES string of the molecule is Cc1cccc(CSc2n[nH]c(=O)n2C2CC2)c1. The molecule has 1 heterocycles. The molecule has 0 unspecified atom stereocenters. The van der Waals surface area contributed by atoms with E-state index in [2.05, 4.69) is 41.4 Å². The molecule has 4 nitrogen and oxygen atoms in total. The molecule has 5 heteroatoms. The van der Waals surface area contributed by atoms with Gasteiger partial charge in [0.2, 0.25) is 0 Å². The fraction of sp³-hybridized carbons (Fsp3) is 0.385. The van der Waals surface area contributed by atoms with Crippen molar-refractivity contribution in [3.05, 3.63) is 45.9 Å². The first-order valence-corrected chi connectivity index (χ1v) is 7.08. The number of hydrogen-bond acceptors (Lipinski definition) is 3. The molecule has 1 aliphatic carbocycles. The summed E-state index contributed by atoms with van der Waals surface area (Å²) in [5.41, 5.74) is 2.44. The Balaban J connectivity index is 1.75. The fourth-order valence-electron chi connectivity index (χ4n) is 2.00. The molecule has 1 N–H and O–H groups in total. The topological polar surface area (TPSA) is 50.7 Å². The number of hydrogen-bond donors (Lipinski definition) is 1. The van der Waals surface area contributed by atoms with Gasteiger partial charge in [-0.25, -0.2) is 9.89 Å². The highest BCUT2D eigenvalue weighted by Gasteiger charge is 2.28. The Morgan fingerprint density at radius 1 is 1.50 bits per heavy atom. The van der Waals surface area contributed by atoms with E-state index in [-0.39, 0.29) is 5.69 Å². The van der Waals surface area contributed by atoms with E-state index in [1.165, 1.54) is 11.1 Å². The Labute approximate surface area is 109 Å². The van der Waals surface area contributed by atoms with E-state index in [9.17, 15) is 4.79 Å². The van der Waals surface area contributed by atoms with Gasteiger partial charge in [0.1, 0.15) is 0 Å². The Hall–Kier alpha value is -1.49. The molecule has 0 amide bonds. The summed E-state index contributed by atoms with van der Waals surface area (Å²) in [5.74, 6) is 0.846. The van der Waals surface area contributed by atoms with Crippen LogP contribution >= 0.6 is 11.8 Å².